The SMILES string of the molecule is COc1ccc(Cn2c(=N)c(C(=O)Nc3cc(C)on3)cc3c(=O)n4ccccc4nc32)cc1. The molecule has 1 aromatic carbocycles. The fourth-order valence-corrected chi connectivity index (χ4v) is 3.74. The van der Waals surface area contributed by atoms with Crippen LogP contribution in [0.4, 0.5) is 5.82 Å². The first-order valence-corrected chi connectivity index (χ1v) is 10.4. The second kappa shape index (κ2) is 8.32. The summed E-state index contributed by atoms with van der Waals surface area (Å²) in [5.41, 5.74) is 1.18. The van der Waals surface area contributed by atoms with Crippen LogP contribution in [0.5, 0.6) is 5.75 Å². The Morgan fingerprint density at radius 1 is 1.18 bits per heavy atom. The minimum absolute atomic E-state index is 0.0106. The fourth-order valence-electron chi connectivity index (χ4n) is 3.74. The van der Waals surface area contributed by atoms with Crippen molar-refractivity contribution in [3.63, 3.8) is 0 Å². The number of benzene rings is 1. The zero-order valence-electron chi connectivity index (χ0n) is 18.4. The van der Waals surface area contributed by atoms with Gasteiger partial charge in [0, 0.05) is 12.3 Å². The third kappa shape index (κ3) is 3.71. The van der Waals surface area contributed by atoms with E-state index in [1.165, 1.54) is 10.5 Å². The molecule has 5 aromatic rings. The van der Waals surface area contributed by atoms with Crippen LogP contribution >= 0.6 is 0 Å². The number of nitrogens with one attached hydrogen (secondary N) is 2. The summed E-state index contributed by atoms with van der Waals surface area (Å²) in [5, 5.41) is 15.4. The number of methoxy groups -OCH3 is 1. The average molecular weight is 456 g/mol. The number of aryl methyl sites for hydroxylation is 1. The third-order valence-corrected chi connectivity index (χ3v) is 5.43. The van der Waals surface area contributed by atoms with Crippen LogP contribution in [-0.2, 0) is 6.54 Å². The van der Waals surface area contributed by atoms with Gasteiger partial charge in [-0.15, -0.1) is 0 Å². The predicted molar refractivity (Wildman–Crippen MR) is 124 cm³/mol. The molecule has 4 heterocycles. The highest BCUT2D eigenvalue weighted by Crippen LogP contribution is 2.16. The van der Waals surface area contributed by atoms with Crippen molar-refractivity contribution >= 4 is 28.4 Å². The summed E-state index contributed by atoms with van der Waals surface area (Å²) in [5.74, 6) is 0.866. The molecule has 5 rings (SSSR count). The molecular formula is C24H20N6O4. The van der Waals surface area contributed by atoms with Crippen LogP contribution in [0.15, 0.2) is 70.1 Å². The summed E-state index contributed by atoms with van der Waals surface area (Å²) >= 11 is 0. The Kier molecular flexibility index (Phi) is 5.17. The number of rotatable bonds is 5. The number of ether oxygens (including phenoxy) is 1. The van der Waals surface area contributed by atoms with E-state index in [0.29, 0.717) is 22.8 Å². The standard InChI is InChI=1S/C24H20N6O4/c1-14-11-19(28-34-14)26-23(31)17-12-18-22(27-20-5-3-4-10-29(20)24(18)32)30(21(17)25)13-15-6-8-16(33-2)9-7-15/h3-12,25H,13H2,1-2H3,(H,26,28,31). The Hall–Kier alpha value is -4.73. The monoisotopic (exact) mass is 456 g/mol. The molecule has 0 spiro atoms. The summed E-state index contributed by atoms with van der Waals surface area (Å²) in [6, 6.07) is 15.5. The Morgan fingerprint density at radius 3 is 2.68 bits per heavy atom. The Morgan fingerprint density at radius 2 is 1.97 bits per heavy atom. The average Bonchev–Trinajstić information content (AvgIpc) is 3.25. The molecule has 4 aromatic heterocycles. The number of carbonyl (C=O) groups is 1. The fraction of sp³-hybridized carbons (Fsp3) is 0.125. The van der Waals surface area contributed by atoms with Gasteiger partial charge in [-0.25, -0.2) is 4.98 Å². The van der Waals surface area contributed by atoms with Gasteiger partial charge in [0.05, 0.1) is 24.6 Å². The molecule has 0 bridgehead atoms. The molecule has 10 nitrogen and oxygen atoms in total. The lowest BCUT2D eigenvalue weighted by atomic mass is 10.1. The minimum Gasteiger partial charge on any atom is -0.497 e. The van der Waals surface area contributed by atoms with E-state index in [-0.39, 0.29) is 34.4 Å². The number of anilines is 1. The first kappa shape index (κ1) is 21.1. The summed E-state index contributed by atoms with van der Waals surface area (Å²) in [7, 11) is 1.58. The molecule has 0 radical (unpaired) electrons. The van der Waals surface area contributed by atoms with Gasteiger partial charge in [0.2, 0.25) is 0 Å². The van der Waals surface area contributed by atoms with Gasteiger partial charge in [-0.2, -0.15) is 0 Å². The first-order chi connectivity index (χ1) is 16.4. The van der Waals surface area contributed by atoms with Crippen molar-refractivity contribution in [2.75, 3.05) is 12.4 Å². The molecule has 0 aliphatic rings. The van der Waals surface area contributed by atoms with E-state index in [2.05, 4.69) is 15.5 Å². The Bertz CT molecular complexity index is 1660. The van der Waals surface area contributed by atoms with E-state index >= 15 is 0 Å². The van der Waals surface area contributed by atoms with Crippen molar-refractivity contribution in [3.8, 4) is 5.75 Å². The summed E-state index contributed by atoms with van der Waals surface area (Å²) in [4.78, 5) is 31.0. The van der Waals surface area contributed by atoms with E-state index in [0.717, 1.165) is 5.56 Å². The van der Waals surface area contributed by atoms with Gasteiger partial charge in [-0.1, -0.05) is 23.4 Å². The second-order valence-corrected chi connectivity index (χ2v) is 7.70. The number of fused-ring (bicyclic) bond motifs is 2. The van der Waals surface area contributed by atoms with Gasteiger partial charge in [-0.05, 0) is 42.8 Å². The van der Waals surface area contributed by atoms with Crippen LogP contribution in [0.3, 0.4) is 0 Å². The molecule has 0 atom stereocenters. The molecule has 0 fully saturated rings. The van der Waals surface area contributed by atoms with Crippen LogP contribution in [0, 0.1) is 12.3 Å². The van der Waals surface area contributed by atoms with Crippen LogP contribution in [0.2, 0.25) is 0 Å². The number of carbonyl (C=O) groups excluding carboxylic acids is 1. The van der Waals surface area contributed by atoms with Crippen LogP contribution < -0.4 is 21.1 Å². The molecule has 0 saturated heterocycles. The Balaban J connectivity index is 1.72. The third-order valence-electron chi connectivity index (χ3n) is 5.43. The van der Waals surface area contributed by atoms with E-state index < -0.39 is 5.91 Å². The van der Waals surface area contributed by atoms with E-state index in [4.69, 9.17) is 14.7 Å². The second-order valence-electron chi connectivity index (χ2n) is 7.70. The maximum atomic E-state index is 13.3. The lowest BCUT2D eigenvalue weighted by molar-refractivity contribution is 0.102. The zero-order chi connectivity index (χ0) is 23.8. The van der Waals surface area contributed by atoms with Crippen molar-refractivity contribution < 1.29 is 14.1 Å². The molecule has 0 aliphatic heterocycles. The molecule has 0 saturated carbocycles. The van der Waals surface area contributed by atoms with E-state index in [1.54, 1.807) is 49.1 Å². The molecule has 2 N–H and O–H groups in total. The minimum atomic E-state index is -0.582. The maximum absolute atomic E-state index is 13.3. The molecule has 0 aliphatic carbocycles. The van der Waals surface area contributed by atoms with E-state index in [9.17, 15) is 9.59 Å². The molecule has 0 unspecified atom stereocenters. The lowest BCUT2D eigenvalue weighted by Gasteiger charge is -2.15. The summed E-state index contributed by atoms with van der Waals surface area (Å²) in [6.45, 7) is 1.92. The molecule has 10 heteroatoms. The zero-order valence-corrected chi connectivity index (χ0v) is 18.4. The van der Waals surface area contributed by atoms with Gasteiger partial charge in [0.1, 0.15) is 28.3 Å². The number of nitrogens with zero attached hydrogens (tertiary/aromatic N) is 4. The van der Waals surface area contributed by atoms with Gasteiger partial charge >= 0.3 is 0 Å². The highest BCUT2D eigenvalue weighted by molar-refractivity contribution is 6.05. The van der Waals surface area contributed by atoms with Gasteiger partial charge in [0.15, 0.2) is 5.82 Å². The number of amides is 1. The summed E-state index contributed by atoms with van der Waals surface area (Å²) in [6.07, 6.45) is 1.62. The maximum Gasteiger partial charge on any atom is 0.267 e. The van der Waals surface area contributed by atoms with Gasteiger partial charge in [-0.3, -0.25) is 19.4 Å². The Labute approximate surface area is 192 Å². The highest BCUT2D eigenvalue weighted by atomic mass is 16.5. The first-order valence-electron chi connectivity index (χ1n) is 10.4. The summed E-state index contributed by atoms with van der Waals surface area (Å²) < 4.78 is 13.2. The van der Waals surface area contributed by atoms with Crippen molar-refractivity contribution in [2.45, 2.75) is 13.5 Å². The normalized spacial score (nSPS) is 11.1. The topological polar surface area (TPSA) is 128 Å². The molecule has 170 valence electrons. The lowest BCUT2D eigenvalue weighted by Crippen LogP contribution is -2.32. The smallest absolute Gasteiger partial charge is 0.267 e. The van der Waals surface area contributed by atoms with Crippen LogP contribution in [-0.4, -0.2) is 32.1 Å². The van der Waals surface area contributed by atoms with Crippen molar-refractivity contribution in [1.82, 2.24) is 19.1 Å². The molecular weight excluding hydrogens is 436 g/mol. The van der Waals surface area contributed by atoms with Crippen LogP contribution in [0.25, 0.3) is 16.7 Å². The van der Waals surface area contributed by atoms with Gasteiger partial charge in [0.25, 0.3) is 11.5 Å². The van der Waals surface area contributed by atoms with Crippen molar-refractivity contribution in [1.29, 1.82) is 5.41 Å². The van der Waals surface area contributed by atoms with Crippen molar-refractivity contribution in [2.24, 2.45) is 0 Å². The highest BCUT2D eigenvalue weighted by Gasteiger charge is 2.19. The molecule has 1 amide bonds. The van der Waals surface area contributed by atoms with E-state index in [1.807, 2.05) is 24.3 Å². The number of pyridine rings is 2. The van der Waals surface area contributed by atoms with Crippen LogP contribution in [0.1, 0.15) is 21.7 Å². The molecule has 34 heavy (non-hydrogen) atoms. The largest absolute Gasteiger partial charge is 0.497 e. The predicted octanol–water partition coefficient (Wildman–Crippen LogP) is 2.73. The van der Waals surface area contributed by atoms with Crippen molar-refractivity contribution in [3.05, 3.63) is 93.5 Å². The quantitative estimate of drug-likeness (QED) is 0.392. The number of hydrogen-bond donors (Lipinski definition) is 2. The number of aromatic nitrogens is 4. The number of hydrogen-bond acceptors (Lipinski definition) is 7. The van der Waals surface area contributed by atoms with Gasteiger partial charge < -0.3 is 19.1 Å².